The number of benzene rings is 1. The van der Waals surface area contributed by atoms with Crippen molar-refractivity contribution in [2.75, 3.05) is 6.54 Å². The molecule has 1 fully saturated rings. The molecule has 1 saturated heterocycles. The average Bonchev–Trinajstić information content (AvgIpc) is 3.01. The van der Waals surface area contributed by atoms with Crippen molar-refractivity contribution >= 4 is 10.0 Å². The molecule has 2 atom stereocenters. The summed E-state index contributed by atoms with van der Waals surface area (Å²) >= 11 is 0. The number of hydrogen-bond donors (Lipinski definition) is 0. The third-order valence-electron chi connectivity index (χ3n) is 3.04. The van der Waals surface area contributed by atoms with Crippen LogP contribution in [0.25, 0.3) is 0 Å². The van der Waals surface area contributed by atoms with Gasteiger partial charge in [0.2, 0.25) is 10.0 Å². The van der Waals surface area contributed by atoms with Gasteiger partial charge in [-0.15, -0.1) is 5.92 Å². The zero-order valence-corrected chi connectivity index (χ0v) is 11.7. The molecule has 1 aliphatic rings. The van der Waals surface area contributed by atoms with Crippen molar-refractivity contribution in [3.63, 3.8) is 0 Å². The van der Waals surface area contributed by atoms with Crippen LogP contribution in [0.3, 0.4) is 0 Å². The molecular weight excluding hydrogens is 246 g/mol. The fourth-order valence-corrected chi connectivity index (χ4v) is 3.54. The van der Waals surface area contributed by atoms with Crippen LogP contribution < -0.4 is 0 Å². The van der Waals surface area contributed by atoms with Gasteiger partial charge in [-0.2, -0.15) is 4.31 Å². The topological polar surface area (TPSA) is 37.1 Å². The maximum Gasteiger partial charge on any atom is 0.244 e. The molecule has 1 aliphatic heterocycles. The van der Waals surface area contributed by atoms with Gasteiger partial charge in [0, 0.05) is 13.0 Å². The summed E-state index contributed by atoms with van der Waals surface area (Å²) in [5.74, 6) is 5.97. The van der Waals surface area contributed by atoms with E-state index in [0.717, 1.165) is 12.0 Å². The van der Waals surface area contributed by atoms with E-state index < -0.39 is 15.6 Å². The van der Waals surface area contributed by atoms with Gasteiger partial charge in [-0.25, -0.2) is 8.42 Å². The highest BCUT2D eigenvalue weighted by Gasteiger charge is 2.54. The highest BCUT2D eigenvalue weighted by Crippen LogP contribution is 2.37. The Morgan fingerprint density at radius 1 is 1.33 bits per heavy atom. The summed E-state index contributed by atoms with van der Waals surface area (Å²) in [6.07, 6.45) is 0.744. The van der Waals surface area contributed by atoms with Crippen molar-refractivity contribution in [1.29, 1.82) is 0 Å². The summed E-state index contributed by atoms with van der Waals surface area (Å²) in [6.45, 7) is 6.24. The molecule has 2 unspecified atom stereocenters. The van der Waals surface area contributed by atoms with Gasteiger partial charge in [0.1, 0.15) is 5.54 Å². The zero-order chi connectivity index (χ0) is 13.4. The van der Waals surface area contributed by atoms with Crippen LogP contribution in [0.15, 0.2) is 29.2 Å². The van der Waals surface area contributed by atoms with Crippen molar-refractivity contribution in [3.8, 4) is 11.8 Å². The summed E-state index contributed by atoms with van der Waals surface area (Å²) in [4.78, 5) is 0.343. The Labute approximate surface area is 109 Å². The molecule has 0 bridgehead atoms. The molecular formula is C14H17NO2S. The second-order valence-corrected chi connectivity index (χ2v) is 6.62. The number of hydrogen-bond acceptors (Lipinski definition) is 2. The van der Waals surface area contributed by atoms with E-state index in [9.17, 15) is 8.42 Å². The lowest BCUT2D eigenvalue weighted by atomic mass is 10.2. The maximum absolute atomic E-state index is 12.3. The molecule has 1 heterocycles. The van der Waals surface area contributed by atoms with Crippen LogP contribution in [0.2, 0.25) is 0 Å². The molecule has 96 valence electrons. The Hall–Kier alpha value is -1.31. The minimum Gasteiger partial charge on any atom is -0.207 e. The third-order valence-corrected chi connectivity index (χ3v) is 5.02. The van der Waals surface area contributed by atoms with Gasteiger partial charge in [-0.05, 0) is 26.0 Å². The predicted octanol–water partition coefficient (Wildman–Crippen LogP) is 2.17. The Morgan fingerprint density at radius 3 is 2.50 bits per heavy atom. The summed E-state index contributed by atoms with van der Waals surface area (Å²) in [5, 5.41) is 0. The SMILES string of the molecule is CCC#CC1(C)CN1S(=O)(=O)c1ccc(C)cc1. The minimum atomic E-state index is -3.39. The van der Waals surface area contributed by atoms with Crippen LogP contribution in [0.1, 0.15) is 25.8 Å². The molecule has 0 spiro atoms. The quantitative estimate of drug-likeness (QED) is 0.606. The molecule has 1 aromatic carbocycles. The largest absolute Gasteiger partial charge is 0.244 e. The molecule has 2 rings (SSSR count). The molecule has 0 aliphatic carbocycles. The van der Waals surface area contributed by atoms with E-state index in [1.54, 1.807) is 12.1 Å². The molecule has 0 N–H and O–H groups in total. The second-order valence-electron chi connectivity index (χ2n) is 4.75. The minimum absolute atomic E-state index is 0.343. The van der Waals surface area contributed by atoms with Gasteiger partial charge in [-0.1, -0.05) is 30.5 Å². The van der Waals surface area contributed by atoms with Crippen LogP contribution in [0.5, 0.6) is 0 Å². The summed E-state index contributed by atoms with van der Waals surface area (Å²) in [5.41, 5.74) is 0.535. The Kier molecular flexibility index (Phi) is 3.22. The smallest absolute Gasteiger partial charge is 0.207 e. The van der Waals surface area contributed by atoms with E-state index in [0.29, 0.717) is 11.4 Å². The standard InChI is InChI=1S/C14H17NO2S/c1-4-5-10-14(3)11-15(14)18(16,17)13-8-6-12(2)7-9-13/h6-9H,4,11H2,1-3H3. The van der Waals surface area contributed by atoms with Crippen LogP contribution in [-0.2, 0) is 10.0 Å². The van der Waals surface area contributed by atoms with E-state index in [1.807, 2.05) is 32.9 Å². The first kappa shape index (κ1) is 13.1. The predicted molar refractivity (Wildman–Crippen MR) is 71.5 cm³/mol. The molecule has 0 radical (unpaired) electrons. The second kappa shape index (κ2) is 4.42. The van der Waals surface area contributed by atoms with E-state index in [1.165, 1.54) is 4.31 Å². The molecule has 3 nitrogen and oxygen atoms in total. The van der Waals surface area contributed by atoms with Crippen LogP contribution in [-0.4, -0.2) is 24.8 Å². The first-order valence-corrected chi connectivity index (χ1v) is 7.44. The summed E-state index contributed by atoms with van der Waals surface area (Å²) in [7, 11) is -3.39. The lowest BCUT2D eigenvalue weighted by Gasteiger charge is -2.08. The first-order chi connectivity index (χ1) is 8.40. The van der Waals surface area contributed by atoms with E-state index in [4.69, 9.17) is 0 Å². The van der Waals surface area contributed by atoms with Crippen LogP contribution in [0.4, 0.5) is 0 Å². The van der Waals surface area contributed by atoms with Crippen LogP contribution >= 0.6 is 0 Å². The third kappa shape index (κ3) is 2.29. The van der Waals surface area contributed by atoms with Gasteiger partial charge in [0.15, 0.2) is 0 Å². The lowest BCUT2D eigenvalue weighted by molar-refractivity contribution is 0.544. The normalized spacial score (nSPS) is 26.3. The molecule has 4 heteroatoms. The molecule has 18 heavy (non-hydrogen) atoms. The number of sulfonamides is 1. The van der Waals surface area contributed by atoms with Crippen molar-refractivity contribution in [3.05, 3.63) is 29.8 Å². The fraction of sp³-hybridized carbons (Fsp3) is 0.429. The molecule has 0 aromatic heterocycles. The average molecular weight is 263 g/mol. The highest BCUT2D eigenvalue weighted by molar-refractivity contribution is 7.89. The van der Waals surface area contributed by atoms with Gasteiger partial charge < -0.3 is 0 Å². The van der Waals surface area contributed by atoms with Gasteiger partial charge in [-0.3, -0.25) is 0 Å². The Bertz CT molecular complexity index is 607. The van der Waals surface area contributed by atoms with Crippen molar-refractivity contribution < 1.29 is 8.42 Å². The van der Waals surface area contributed by atoms with E-state index >= 15 is 0 Å². The number of aryl methyl sites for hydroxylation is 1. The molecule has 0 amide bonds. The number of rotatable bonds is 2. The number of nitrogens with zero attached hydrogens (tertiary/aromatic N) is 1. The van der Waals surface area contributed by atoms with Crippen molar-refractivity contribution in [2.45, 2.75) is 37.6 Å². The Morgan fingerprint density at radius 2 is 1.94 bits per heavy atom. The van der Waals surface area contributed by atoms with E-state index in [2.05, 4.69) is 11.8 Å². The lowest BCUT2D eigenvalue weighted by Crippen LogP contribution is -2.20. The Balaban J connectivity index is 2.27. The summed E-state index contributed by atoms with van der Waals surface area (Å²) < 4.78 is 26.1. The molecule has 1 aromatic rings. The first-order valence-electron chi connectivity index (χ1n) is 6.00. The fourth-order valence-electron chi connectivity index (χ4n) is 1.81. The van der Waals surface area contributed by atoms with Crippen molar-refractivity contribution in [1.82, 2.24) is 4.31 Å². The highest BCUT2D eigenvalue weighted by atomic mass is 32.2. The zero-order valence-electron chi connectivity index (χ0n) is 10.9. The summed E-state index contributed by atoms with van der Waals surface area (Å²) in [6, 6.07) is 6.92. The van der Waals surface area contributed by atoms with Crippen LogP contribution in [0, 0.1) is 18.8 Å². The maximum atomic E-state index is 12.3. The van der Waals surface area contributed by atoms with Crippen molar-refractivity contribution in [2.24, 2.45) is 0 Å². The monoisotopic (exact) mass is 263 g/mol. The van der Waals surface area contributed by atoms with Gasteiger partial charge in [0.25, 0.3) is 0 Å². The molecule has 0 saturated carbocycles. The van der Waals surface area contributed by atoms with Gasteiger partial charge >= 0.3 is 0 Å². The van der Waals surface area contributed by atoms with Gasteiger partial charge in [0.05, 0.1) is 4.90 Å². The van der Waals surface area contributed by atoms with E-state index in [-0.39, 0.29) is 0 Å².